The number of carbonyl (C=O) groups excluding carboxylic acids is 2. The summed E-state index contributed by atoms with van der Waals surface area (Å²) < 4.78 is 48.1. The minimum absolute atomic E-state index is 0.0167. The Morgan fingerprint density at radius 2 is 1.87 bits per heavy atom. The summed E-state index contributed by atoms with van der Waals surface area (Å²) >= 11 is 0. The van der Waals surface area contributed by atoms with Gasteiger partial charge in [0.1, 0.15) is 5.60 Å². The van der Waals surface area contributed by atoms with E-state index in [1.165, 1.54) is 0 Å². The number of aromatic nitrogens is 1. The van der Waals surface area contributed by atoms with Crippen LogP contribution in [-0.2, 0) is 29.0 Å². The zero-order valence-corrected chi connectivity index (χ0v) is 23.8. The molecule has 0 radical (unpaired) electrons. The monoisotopic (exact) mass is 555 g/mol. The fourth-order valence-electron chi connectivity index (χ4n) is 4.97. The third-order valence-electron chi connectivity index (χ3n) is 6.60. The summed E-state index contributed by atoms with van der Waals surface area (Å²) in [6.45, 7) is 7.84. The average molecular weight is 556 g/mol. The second kappa shape index (κ2) is 13.1. The van der Waals surface area contributed by atoms with E-state index in [0.717, 1.165) is 41.8 Å². The summed E-state index contributed by atoms with van der Waals surface area (Å²) in [6.07, 6.45) is 5.66. The molecule has 11 nitrogen and oxygen atoms in total. The maximum atomic E-state index is 12.8. The van der Waals surface area contributed by atoms with Crippen LogP contribution in [0, 0.1) is 0 Å². The lowest BCUT2D eigenvalue weighted by Crippen LogP contribution is -2.52. The van der Waals surface area contributed by atoms with E-state index in [-0.39, 0.29) is 31.3 Å². The molecule has 1 saturated carbocycles. The Hall–Kier alpha value is -2.44. The summed E-state index contributed by atoms with van der Waals surface area (Å²) in [7, 11) is -3.84. The molecule has 1 aromatic rings. The lowest BCUT2D eigenvalue weighted by atomic mass is 9.83. The lowest BCUT2D eigenvalue weighted by molar-refractivity contribution is -0.145. The highest BCUT2D eigenvalue weighted by atomic mass is 32.2. The van der Waals surface area contributed by atoms with Crippen molar-refractivity contribution in [3.63, 3.8) is 0 Å². The normalized spacial score (nSPS) is 24.0. The Morgan fingerprint density at radius 1 is 1.16 bits per heavy atom. The number of esters is 1. The molecule has 0 unspecified atom stereocenters. The molecular formula is C26H41N3O8S. The third-order valence-corrected chi connectivity index (χ3v) is 7.74. The number of hydrogen-bond acceptors (Lipinski definition) is 10. The van der Waals surface area contributed by atoms with Crippen LogP contribution < -0.4 is 10.1 Å². The van der Waals surface area contributed by atoms with Gasteiger partial charge in [-0.2, -0.15) is 4.31 Å². The van der Waals surface area contributed by atoms with Gasteiger partial charge in [-0.25, -0.2) is 23.0 Å². The molecule has 1 amide bonds. The molecule has 2 atom stereocenters. The zero-order valence-electron chi connectivity index (χ0n) is 23.0. The zero-order chi connectivity index (χ0) is 27.9. The van der Waals surface area contributed by atoms with Gasteiger partial charge in [0.2, 0.25) is 15.9 Å². The highest BCUT2D eigenvalue weighted by molar-refractivity contribution is 7.88. The molecule has 0 spiro atoms. The summed E-state index contributed by atoms with van der Waals surface area (Å²) in [5.41, 5.74) is 0.156. The van der Waals surface area contributed by atoms with E-state index >= 15 is 0 Å². The number of hydrogen-bond donors (Lipinski definition) is 1. The molecule has 214 valence electrons. The van der Waals surface area contributed by atoms with E-state index in [9.17, 15) is 18.0 Å². The molecule has 1 saturated heterocycles. The highest BCUT2D eigenvalue weighted by Gasteiger charge is 2.42. The number of carbonyl (C=O) groups is 2. The minimum atomic E-state index is -3.84. The van der Waals surface area contributed by atoms with Gasteiger partial charge in [0.25, 0.3) is 0 Å². The molecule has 2 heterocycles. The van der Waals surface area contributed by atoms with Crippen molar-refractivity contribution in [1.29, 1.82) is 0 Å². The quantitative estimate of drug-likeness (QED) is 0.430. The van der Waals surface area contributed by atoms with Crippen molar-refractivity contribution in [2.75, 3.05) is 32.6 Å². The van der Waals surface area contributed by atoms with Gasteiger partial charge < -0.3 is 24.3 Å². The van der Waals surface area contributed by atoms with Crippen molar-refractivity contribution in [2.45, 2.75) is 89.5 Å². The summed E-state index contributed by atoms with van der Waals surface area (Å²) in [4.78, 5) is 28.8. The van der Waals surface area contributed by atoms with Gasteiger partial charge in [-0.15, -0.1) is 0 Å². The van der Waals surface area contributed by atoms with Crippen LogP contribution in [-0.4, -0.2) is 86.2 Å². The Bertz CT molecular complexity index is 1050. The second-order valence-electron chi connectivity index (χ2n) is 10.8. The minimum Gasteiger partial charge on any atom is -0.465 e. The summed E-state index contributed by atoms with van der Waals surface area (Å²) in [6, 6.07) is 2.93. The van der Waals surface area contributed by atoms with Crippen molar-refractivity contribution in [3.05, 3.63) is 23.9 Å². The van der Waals surface area contributed by atoms with Crippen LogP contribution in [0.25, 0.3) is 0 Å². The summed E-state index contributed by atoms with van der Waals surface area (Å²) in [5.74, 6) is 0.248. The van der Waals surface area contributed by atoms with Gasteiger partial charge in [-0.3, -0.25) is 0 Å². The Morgan fingerprint density at radius 3 is 2.50 bits per heavy atom. The van der Waals surface area contributed by atoms with Crippen LogP contribution in [0.5, 0.6) is 5.88 Å². The first-order valence-electron chi connectivity index (χ1n) is 13.2. The third kappa shape index (κ3) is 8.54. The van der Waals surface area contributed by atoms with Crippen LogP contribution in [0.15, 0.2) is 18.3 Å². The first-order valence-corrected chi connectivity index (χ1v) is 15.0. The first kappa shape index (κ1) is 30.1. The number of amides is 1. The van der Waals surface area contributed by atoms with Crippen LogP contribution in [0.2, 0.25) is 0 Å². The molecule has 0 bridgehead atoms. The second-order valence-corrected chi connectivity index (χ2v) is 12.6. The Labute approximate surface area is 225 Å². The standard InChI is InChI=1S/C26H41N3O8S/c1-6-34-23(30)17-36-24-20(8-7-14-28-24)18-9-11-19(12-10-18)35-16-21-22(13-15-27-21)29(38(5,32)33)25(31)37-26(2,3)4/h7-8,14,18-19,21-22,27H,6,9-13,15-17H2,1-5H3/t18-,19+,21-,22-/m0/s1. The van der Waals surface area contributed by atoms with Crippen molar-refractivity contribution in [3.8, 4) is 5.88 Å². The molecule has 1 N–H and O–H groups in total. The van der Waals surface area contributed by atoms with E-state index in [4.69, 9.17) is 18.9 Å². The van der Waals surface area contributed by atoms with E-state index in [1.54, 1.807) is 33.9 Å². The predicted octanol–water partition coefficient (Wildman–Crippen LogP) is 2.99. The fourth-order valence-corrected chi connectivity index (χ4v) is 6.03. The number of nitrogens with one attached hydrogen (secondary N) is 1. The lowest BCUT2D eigenvalue weighted by Gasteiger charge is -2.34. The number of nitrogens with zero attached hydrogens (tertiary/aromatic N) is 2. The molecule has 38 heavy (non-hydrogen) atoms. The van der Waals surface area contributed by atoms with Crippen LogP contribution >= 0.6 is 0 Å². The topological polar surface area (TPSA) is 133 Å². The highest BCUT2D eigenvalue weighted by Crippen LogP contribution is 2.37. The smallest absolute Gasteiger partial charge is 0.424 e. The molecule has 1 aromatic heterocycles. The number of ether oxygens (including phenoxy) is 4. The molecule has 1 aliphatic heterocycles. The maximum Gasteiger partial charge on any atom is 0.424 e. The van der Waals surface area contributed by atoms with Gasteiger partial charge >= 0.3 is 12.1 Å². The maximum absolute atomic E-state index is 12.8. The van der Waals surface area contributed by atoms with Crippen LogP contribution in [0.1, 0.15) is 71.3 Å². The Balaban J connectivity index is 1.55. The predicted molar refractivity (Wildman–Crippen MR) is 140 cm³/mol. The largest absolute Gasteiger partial charge is 0.465 e. The van der Waals surface area contributed by atoms with Gasteiger partial charge in [0, 0.05) is 11.8 Å². The molecule has 0 aromatic carbocycles. The van der Waals surface area contributed by atoms with Gasteiger partial charge in [-0.1, -0.05) is 6.07 Å². The van der Waals surface area contributed by atoms with Crippen molar-refractivity contribution in [2.24, 2.45) is 0 Å². The number of rotatable bonds is 10. The van der Waals surface area contributed by atoms with E-state index in [0.29, 0.717) is 25.5 Å². The fraction of sp³-hybridized carbons (Fsp3) is 0.731. The average Bonchev–Trinajstić information content (AvgIpc) is 3.28. The van der Waals surface area contributed by atoms with Gasteiger partial charge in [0.15, 0.2) is 6.61 Å². The molecule has 2 aliphatic rings. The van der Waals surface area contributed by atoms with Crippen molar-refractivity contribution < 1.29 is 37.0 Å². The van der Waals surface area contributed by atoms with Crippen LogP contribution in [0.3, 0.4) is 0 Å². The molecule has 12 heteroatoms. The molecular weight excluding hydrogens is 514 g/mol. The SMILES string of the molecule is CCOC(=O)COc1ncccc1[C@H]1CC[C@@H](OC[C@@H]2NCC[C@@H]2N(C(=O)OC(C)(C)C)S(C)(=O)=O)CC1. The Kier molecular flexibility index (Phi) is 10.4. The first-order chi connectivity index (χ1) is 17.9. The van der Waals surface area contributed by atoms with Crippen LogP contribution in [0.4, 0.5) is 4.79 Å². The van der Waals surface area contributed by atoms with E-state index in [2.05, 4.69) is 10.3 Å². The van der Waals surface area contributed by atoms with E-state index in [1.807, 2.05) is 12.1 Å². The molecule has 3 rings (SSSR count). The molecule has 1 aliphatic carbocycles. The molecule has 2 fully saturated rings. The van der Waals surface area contributed by atoms with Crippen molar-refractivity contribution in [1.82, 2.24) is 14.6 Å². The van der Waals surface area contributed by atoms with Gasteiger partial charge in [0.05, 0.1) is 37.7 Å². The number of sulfonamides is 1. The number of pyridine rings is 1. The van der Waals surface area contributed by atoms with Gasteiger partial charge in [-0.05, 0) is 78.3 Å². The van der Waals surface area contributed by atoms with E-state index < -0.39 is 33.7 Å². The summed E-state index contributed by atoms with van der Waals surface area (Å²) in [5, 5.41) is 3.29. The van der Waals surface area contributed by atoms with Crippen molar-refractivity contribution >= 4 is 22.1 Å².